The number of carbonyl (C=O) groups is 2. The van der Waals surface area contributed by atoms with Gasteiger partial charge >= 0.3 is 6.09 Å². The number of Topliss-reactive ketones (excluding diaryl/α,β-unsaturated/α-hetero) is 1. The molecule has 0 bridgehead atoms. The molecule has 1 N–H and O–H groups in total. The van der Waals surface area contributed by atoms with E-state index in [1.807, 2.05) is 0 Å². The number of nitrogens with zero attached hydrogens (tertiary/aromatic N) is 6. The number of hydrogen-bond acceptors (Lipinski definition) is 9. The van der Waals surface area contributed by atoms with Crippen LogP contribution >= 0.6 is 0 Å². The highest BCUT2D eigenvalue weighted by molar-refractivity contribution is 6.27. The SMILES string of the molecule is Cc1nc(-c2nnn(C)c2COC(=O)N(C)CC2CCC2)cnc1O[C@H]1CC[C@H](C(=O)C=N)C1. The van der Waals surface area contributed by atoms with Crippen molar-refractivity contribution in [3.63, 3.8) is 0 Å². The molecular weight excluding hydrogens is 438 g/mol. The van der Waals surface area contributed by atoms with Gasteiger partial charge in [0, 0.05) is 26.6 Å². The van der Waals surface area contributed by atoms with Gasteiger partial charge < -0.3 is 19.8 Å². The summed E-state index contributed by atoms with van der Waals surface area (Å²) >= 11 is 0. The fraction of sp³-hybridized carbons (Fsp3) is 0.609. The van der Waals surface area contributed by atoms with Gasteiger partial charge in [-0.25, -0.2) is 19.4 Å². The lowest BCUT2D eigenvalue weighted by atomic mass is 9.85. The Balaban J connectivity index is 1.39. The van der Waals surface area contributed by atoms with Crippen molar-refractivity contribution in [3.8, 4) is 17.3 Å². The Kier molecular flexibility index (Phi) is 7.18. The van der Waals surface area contributed by atoms with Gasteiger partial charge in [-0.05, 0) is 44.9 Å². The van der Waals surface area contributed by atoms with Crippen molar-refractivity contribution in [1.29, 1.82) is 5.41 Å². The van der Waals surface area contributed by atoms with Crippen LogP contribution in [-0.4, -0.2) is 67.6 Å². The monoisotopic (exact) mass is 469 g/mol. The second kappa shape index (κ2) is 10.3. The van der Waals surface area contributed by atoms with E-state index in [0.717, 1.165) is 25.5 Å². The molecule has 2 aromatic rings. The van der Waals surface area contributed by atoms with Gasteiger partial charge in [-0.2, -0.15) is 0 Å². The molecule has 0 unspecified atom stereocenters. The van der Waals surface area contributed by atoms with Crippen molar-refractivity contribution in [2.75, 3.05) is 13.6 Å². The normalized spacial score (nSPS) is 20.0. The highest BCUT2D eigenvalue weighted by Gasteiger charge is 2.31. The van der Waals surface area contributed by atoms with Crippen LogP contribution in [0, 0.1) is 24.2 Å². The van der Waals surface area contributed by atoms with E-state index in [2.05, 4.69) is 20.3 Å². The van der Waals surface area contributed by atoms with Crippen LogP contribution in [0.2, 0.25) is 0 Å². The lowest BCUT2D eigenvalue weighted by Crippen LogP contribution is -2.34. The molecule has 0 spiro atoms. The standard InChI is InChI=1S/C23H31N7O4/c1-14-22(34-17-8-7-16(9-17)20(31)10-24)25-11-18(26-14)21-19(30(3)28-27-21)13-33-23(32)29(2)12-15-5-4-6-15/h10-11,15-17,24H,4-9,12-13H2,1-3H3/t16-,17-/m0/s1. The number of nitrogens with one attached hydrogen (secondary N) is 1. The molecular formula is C23H31N7O4. The zero-order valence-corrected chi connectivity index (χ0v) is 19.9. The summed E-state index contributed by atoms with van der Waals surface area (Å²) in [6, 6.07) is 0. The summed E-state index contributed by atoms with van der Waals surface area (Å²) in [5.74, 6) is 0.658. The van der Waals surface area contributed by atoms with E-state index in [1.54, 1.807) is 36.8 Å². The average molecular weight is 470 g/mol. The molecule has 11 heteroatoms. The highest BCUT2D eigenvalue weighted by Crippen LogP contribution is 2.31. The maximum absolute atomic E-state index is 12.4. The van der Waals surface area contributed by atoms with Crippen molar-refractivity contribution in [2.45, 2.75) is 58.2 Å². The maximum atomic E-state index is 12.4. The summed E-state index contributed by atoms with van der Waals surface area (Å²) < 4.78 is 13.1. The third-order valence-electron chi connectivity index (χ3n) is 6.70. The first kappa shape index (κ1) is 23.8. The van der Waals surface area contributed by atoms with Crippen LogP contribution < -0.4 is 4.74 Å². The van der Waals surface area contributed by atoms with Gasteiger partial charge in [-0.1, -0.05) is 11.6 Å². The lowest BCUT2D eigenvalue weighted by Gasteiger charge is -2.29. The number of ether oxygens (including phenoxy) is 2. The molecule has 4 rings (SSSR count). The van der Waals surface area contributed by atoms with Crippen LogP contribution in [-0.2, 0) is 23.2 Å². The van der Waals surface area contributed by atoms with E-state index in [0.29, 0.717) is 54.0 Å². The second-order valence-corrected chi connectivity index (χ2v) is 9.18. The molecule has 2 heterocycles. The number of hydrogen-bond donors (Lipinski definition) is 1. The Morgan fingerprint density at radius 2 is 2.09 bits per heavy atom. The number of ketones is 1. The van der Waals surface area contributed by atoms with Crippen molar-refractivity contribution in [1.82, 2.24) is 29.9 Å². The average Bonchev–Trinajstić information content (AvgIpc) is 3.41. The van der Waals surface area contributed by atoms with Crippen molar-refractivity contribution in [2.24, 2.45) is 18.9 Å². The molecule has 2 fully saturated rings. The van der Waals surface area contributed by atoms with E-state index < -0.39 is 0 Å². The third kappa shape index (κ3) is 5.23. The zero-order chi connectivity index (χ0) is 24.2. The molecule has 34 heavy (non-hydrogen) atoms. The van der Waals surface area contributed by atoms with E-state index in [-0.39, 0.29) is 30.5 Å². The van der Waals surface area contributed by atoms with Crippen LogP contribution in [0.5, 0.6) is 5.88 Å². The summed E-state index contributed by atoms with van der Waals surface area (Å²) in [6.45, 7) is 2.53. The van der Waals surface area contributed by atoms with Crippen LogP contribution in [0.3, 0.4) is 0 Å². The number of rotatable bonds is 9. The fourth-order valence-electron chi connectivity index (χ4n) is 4.40. The van der Waals surface area contributed by atoms with Gasteiger partial charge in [0.2, 0.25) is 5.88 Å². The van der Waals surface area contributed by atoms with Gasteiger partial charge in [0.1, 0.15) is 35.5 Å². The molecule has 2 aliphatic carbocycles. The quantitative estimate of drug-likeness (QED) is 0.554. The smallest absolute Gasteiger partial charge is 0.409 e. The minimum Gasteiger partial charge on any atom is -0.473 e. The largest absolute Gasteiger partial charge is 0.473 e. The molecule has 0 aliphatic heterocycles. The summed E-state index contributed by atoms with van der Waals surface area (Å²) in [4.78, 5) is 34.8. The molecule has 2 aromatic heterocycles. The Morgan fingerprint density at radius 1 is 1.29 bits per heavy atom. The van der Waals surface area contributed by atoms with Crippen LogP contribution in [0.1, 0.15) is 49.9 Å². The Hall–Kier alpha value is -3.37. The van der Waals surface area contributed by atoms with Gasteiger partial charge in [0.05, 0.1) is 12.4 Å². The fourth-order valence-corrected chi connectivity index (χ4v) is 4.40. The predicted molar refractivity (Wildman–Crippen MR) is 122 cm³/mol. The van der Waals surface area contributed by atoms with Crippen molar-refractivity contribution < 1.29 is 19.1 Å². The zero-order valence-electron chi connectivity index (χ0n) is 19.9. The molecule has 0 saturated heterocycles. The molecule has 0 aromatic carbocycles. The Morgan fingerprint density at radius 3 is 2.76 bits per heavy atom. The third-order valence-corrected chi connectivity index (χ3v) is 6.70. The van der Waals surface area contributed by atoms with Gasteiger partial charge in [-0.15, -0.1) is 5.10 Å². The summed E-state index contributed by atoms with van der Waals surface area (Å²) in [5.41, 5.74) is 2.22. The van der Waals surface area contributed by atoms with Crippen molar-refractivity contribution >= 4 is 18.1 Å². The molecule has 2 saturated carbocycles. The second-order valence-electron chi connectivity index (χ2n) is 9.18. The van der Waals surface area contributed by atoms with Crippen LogP contribution in [0.15, 0.2) is 6.20 Å². The van der Waals surface area contributed by atoms with Gasteiger partial charge in [-0.3, -0.25) is 4.79 Å². The molecule has 11 nitrogen and oxygen atoms in total. The van der Waals surface area contributed by atoms with E-state index in [1.165, 1.54) is 6.42 Å². The van der Waals surface area contributed by atoms with Gasteiger partial charge in [0.25, 0.3) is 0 Å². The summed E-state index contributed by atoms with van der Waals surface area (Å²) in [6.07, 6.45) is 7.52. The molecule has 0 radical (unpaired) electrons. The first-order valence-corrected chi connectivity index (χ1v) is 11.7. The van der Waals surface area contributed by atoms with E-state index >= 15 is 0 Å². The Labute approximate surface area is 198 Å². The lowest BCUT2D eigenvalue weighted by molar-refractivity contribution is -0.116. The van der Waals surface area contributed by atoms with Crippen LogP contribution in [0.25, 0.3) is 11.4 Å². The highest BCUT2D eigenvalue weighted by atomic mass is 16.6. The topological polar surface area (TPSA) is 136 Å². The van der Waals surface area contributed by atoms with E-state index in [9.17, 15) is 9.59 Å². The first-order valence-electron chi connectivity index (χ1n) is 11.7. The van der Waals surface area contributed by atoms with E-state index in [4.69, 9.17) is 14.9 Å². The maximum Gasteiger partial charge on any atom is 0.409 e. The molecule has 182 valence electrons. The molecule has 2 aliphatic rings. The van der Waals surface area contributed by atoms with Crippen LogP contribution in [0.4, 0.5) is 4.79 Å². The number of aromatic nitrogens is 5. The molecule has 1 amide bonds. The molecule has 2 atom stereocenters. The summed E-state index contributed by atoms with van der Waals surface area (Å²) in [7, 11) is 3.49. The summed E-state index contributed by atoms with van der Waals surface area (Å²) in [5, 5.41) is 15.4. The minimum absolute atomic E-state index is 0.0240. The number of amides is 1. The van der Waals surface area contributed by atoms with Crippen molar-refractivity contribution in [3.05, 3.63) is 17.6 Å². The first-order chi connectivity index (χ1) is 16.4. The van der Waals surface area contributed by atoms with Gasteiger partial charge in [0.15, 0.2) is 5.78 Å². The Bertz CT molecular complexity index is 1070. The predicted octanol–water partition coefficient (Wildman–Crippen LogP) is 2.72. The number of carbonyl (C=O) groups excluding carboxylic acids is 2. The minimum atomic E-state index is -0.374. The number of aryl methyl sites for hydroxylation is 2.